The SMILES string of the molecule is O=c1[nH]c2ccccc2nc1N/N=C\c1c(O)ccc2cc([N+](=O)[O-])ccc12. The van der Waals surface area contributed by atoms with E-state index in [1.54, 1.807) is 30.3 Å². The van der Waals surface area contributed by atoms with Crippen molar-refractivity contribution in [2.24, 2.45) is 5.10 Å². The Hall–Kier alpha value is -4.27. The smallest absolute Gasteiger partial charge is 0.293 e. The summed E-state index contributed by atoms with van der Waals surface area (Å²) in [6, 6.07) is 14.4. The highest BCUT2D eigenvalue weighted by atomic mass is 16.6. The van der Waals surface area contributed by atoms with Crippen LogP contribution < -0.4 is 11.0 Å². The quantitative estimate of drug-likeness (QED) is 0.285. The summed E-state index contributed by atoms with van der Waals surface area (Å²) in [5, 5.41) is 26.2. The van der Waals surface area contributed by atoms with E-state index in [1.165, 1.54) is 30.5 Å². The number of benzene rings is 3. The molecule has 0 unspecified atom stereocenters. The van der Waals surface area contributed by atoms with Crippen molar-refractivity contribution in [2.45, 2.75) is 0 Å². The molecular formula is C19H13N5O4. The van der Waals surface area contributed by atoms with Crippen LogP contribution in [0.15, 0.2) is 64.5 Å². The summed E-state index contributed by atoms with van der Waals surface area (Å²) in [5.41, 5.74) is 3.65. The van der Waals surface area contributed by atoms with Gasteiger partial charge in [-0.05, 0) is 35.0 Å². The van der Waals surface area contributed by atoms with Gasteiger partial charge in [0.05, 0.1) is 22.2 Å². The number of non-ortho nitro benzene ring substituents is 1. The number of fused-ring (bicyclic) bond motifs is 2. The molecule has 0 amide bonds. The zero-order chi connectivity index (χ0) is 19.7. The summed E-state index contributed by atoms with van der Waals surface area (Å²) in [6.45, 7) is 0. The van der Waals surface area contributed by atoms with Crippen molar-refractivity contribution < 1.29 is 10.0 Å². The maximum atomic E-state index is 12.1. The summed E-state index contributed by atoms with van der Waals surface area (Å²) in [5.74, 6) is -0.0439. The van der Waals surface area contributed by atoms with Gasteiger partial charge in [0, 0.05) is 17.7 Å². The summed E-state index contributed by atoms with van der Waals surface area (Å²) in [4.78, 5) is 29.4. The number of aromatic nitrogens is 2. The topological polar surface area (TPSA) is 134 Å². The number of phenols is 1. The van der Waals surface area contributed by atoms with E-state index in [-0.39, 0.29) is 17.3 Å². The minimum absolute atomic E-state index is 0.00492. The number of nitro groups is 1. The van der Waals surface area contributed by atoms with Crippen LogP contribution in [0.5, 0.6) is 5.75 Å². The van der Waals surface area contributed by atoms with Crippen LogP contribution >= 0.6 is 0 Å². The van der Waals surface area contributed by atoms with Crippen LogP contribution in [0.2, 0.25) is 0 Å². The molecule has 0 aliphatic rings. The van der Waals surface area contributed by atoms with E-state index in [2.05, 4.69) is 20.5 Å². The van der Waals surface area contributed by atoms with E-state index in [0.717, 1.165) is 0 Å². The molecule has 138 valence electrons. The van der Waals surface area contributed by atoms with Gasteiger partial charge in [0.15, 0.2) is 0 Å². The molecule has 0 saturated heterocycles. The molecule has 0 aliphatic carbocycles. The maximum absolute atomic E-state index is 12.1. The molecule has 0 atom stereocenters. The van der Waals surface area contributed by atoms with Crippen molar-refractivity contribution in [1.82, 2.24) is 9.97 Å². The first-order chi connectivity index (χ1) is 13.5. The number of H-pyrrole nitrogens is 1. The lowest BCUT2D eigenvalue weighted by atomic mass is 10.0. The van der Waals surface area contributed by atoms with E-state index in [0.29, 0.717) is 27.4 Å². The Morgan fingerprint density at radius 2 is 2.00 bits per heavy atom. The third-order valence-corrected chi connectivity index (χ3v) is 4.20. The van der Waals surface area contributed by atoms with E-state index in [4.69, 9.17) is 0 Å². The average molecular weight is 375 g/mol. The summed E-state index contributed by atoms with van der Waals surface area (Å²) >= 11 is 0. The highest BCUT2D eigenvalue weighted by Crippen LogP contribution is 2.28. The Balaban J connectivity index is 1.69. The molecule has 0 saturated carbocycles. The molecular weight excluding hydrogens is 362 g/mol. The van der Waals surface area contributed by atoms with Crippen molar-refractivity contribution in [1.29, 1.82) is 0 Å². The number of anilines is 1. The Bertz CT molecular complexity index is 1310. The van der Waals surface area contributed by atoms with Crippen molar-refractivity contribution in [3.63, 3.8) is 0 Å². The molecule has 4 aromatic rings. The van der Waals surface area contributed by atoms with Gasteiger partial charge in [-0.3, -0.25) is 20.3 Å². The number of aromatic amines is 1. The second-order valence-corrected chi connectivity index (χ2v) is 5.96. The lowest BCUT2D eigenvalue weighted by Crippen LogP contribution is -2.13. The van der Waals surface area contributed by atoms with Gasteiger partial charge in [-0.2, -0.15) is 5.10 Å². The molecule has 0 spiro atoms. The molecule has 4 rings (SSSR count). The van der Waals surface area contributed by atoms with Crippen molar-refractivity contribution in [3.05, 3.63) is 80.6 Å². The molecule has 1 heterocycles. The number of para-hydroxylation sites is 2. The highest BCUT2D eigenvalue weighted by Gasteiger charge is 2.10. The summed E-state index contributed by atoms with van der Waals surface area (Å²) < 4.78 is 0. The number of nitrogens with zero attached hydrogens (tertiary/aromatic N) is 3. The van der Waals surface area contributed by atoms with Gasteiger partial charge in [-0.15, -0.1) is 0 Å². The van der Waals surface area contributed by atoms with Crippen molar-refractivity contribution in [3.8, 4) is 5.75 Å². The Kier molecular flexibility index (Phi) is 4.17. The molecule has 9 nitrogen and oxygen atoms in total. The fourth-order valence-corrected chi connectivity index (χ4v) is 2.84. The Labute approximate surface area is 157 Å². The van der Waals surface area contributed by atoms with E-state index in [1.807, 2.05) is 0 Å². The summed E-state index contributed by atoms with van der Waals surface area (Å²) in [7, 11) is 0. The molecule has 3 N–H and O–H groups in total. The zero-order valence-electron chi connectivity index (χ0n) is 14.3. The van der Waals surface area contributed by atoms with Crippen LogP contribution in [0.25, 0.3) is 21.8 Å². The van der Waals surface area contributed by atoms with Gasteiger partial charge in [0.1, 0.15) is 5.75 Å². The molecule has 0 bridgehead atoms. The van der Waals surface area contributed by atoms with Gasteiger partial charge < -0.3 is 10.1 Å². The first kappa shape index (κ1) is 17.2. The maximum Gasteiger partial charge on any atom is 0.293 e. The second-order valence-electron chi connectivity index (χ2n) is 5.96. The third kappa shape index (κ3) is 3.12. The van der Waals surface area contributed by atoms with Gasteiger partial charge in [-0.25, -0.2) is 4.98 Å². The van der Waals surface area contributed by atoms with E-state index < -0.39 is 10.5 Å². The zero-order valence-corrected chi connectivity index (χ0v) is 14.3. The number of hydrogen-bond acceptors (Lipinski definition) is 7. The van der Waals surface area contributed by atoms with Crippen LogP contribution in [-0.4, -0.2) is 26.2 Å². The molecule has 0 fully saturated rings. The van der Waals surface area contributed by atoms with Crippen LogP contribution in [0, 0.1) is 10.1 Å². The predicted octanol–water partition coefficient (Wildman–Crippen LogP) is 3.14. The highest BCUT2D eigenvalue weighted by molar-refractivity contribution is 6.03. The molecule has 28 heavy (non-hydrogen) atoms. The number of hydrogen-bond donors (Lipinski definition) is 3. The normalized spacial score (nSPS) is 11.3. The number of nitrogens with one attached hydrogen (secondary N) is 2. The third-order valence-electron chi connectivity index (χ3n) is 4.20. The largest absolute Gasteiger partial charge is 0.507 e. The van der Waals surface area contributed by atoms with Gasteiger partial charge in [0.2, 0.25) is 5.82 Å². The van der Waals surface area contributed by atoms with Crippen LogP contribution in [0.3, 0.4) is 0 Å². The minimum Gasteiger partial charge on any atom is -0.507 e. The Morgan fingerprint density at radius 1 is 1.18 bits per heavy atom. The lowest BCUT2D eigenvalue weighted by molar-refractivity contribution is -0.384. The second kappa shape index (κ2) is 6.80. The number of aromatic hydroxyl groups is 1. The number of nitro benzene ring substituents is 1. The monoisotopic (exact) mass is 375 g/mol. The predicted molar refractivity (Wildman–Crippen MR) is 106 cm³/mol. The van der Waals surface area contributed by atoms with E-state index >= 15 is 0 Å². The molecule has 3 aromatic carbocycles. The fourth-order valence-electron chi connectivity index (χ4n) is 2.84. The minimum atomic E-state index is -0.487. The van der Waals surface area contributed by atoms with Crippen molar-refractivity contribution in [2.75, 3.05) is 5.43 Å². The lowest BCUT2D eigenvalue weighted by Gasteiger charge is -2.05. The molecule has 0 aliphatic heterocycles. The van der Waals surface area contributed by atoms with Gasteiger partial charge in [0.25, 0.3) is 11.2 Å². The fraction of sp³-hybridized carbons (Fsp3) is 0. The number of rotatable bonds is 4. The standard InChI is InChI=1S/C19H13N5O4/c25-17-8-5-11-9-12(24(27)28)6-7-13(11)14(17)10-20-23-18-19(26)22-16-4-2-1-3-15(16)21-18/h1-10,25H,(H,21,23)(H,22,26)/b20-10-. The molecule has 1 aromatic heterocycles. The average Bonchev–Trinajstić information content (AvgIpc) is 2.69. The Morgan fingerprint density at radius 3 is 2.82 bits per heavy atom. The van der Waals surface area contributed by atoms with Crippen LogP contribution in [0.1, 0.15) is 5.56 Å². The van der Waals surface area contributed by atoms with Gasteiger partial charge >= 0.3 is 0 Å². The van der Waals surface area contributed by atoms with Crippen molar-refractivity contribution >= 4 is 39.5 Å². The summed E-state index contributed by atoms with van der Waals surface area (Å²) in [6.07, 6.45) is 1.33. The first-order valence-electron chi connectivity index (χ1n) is 8.21. The molecule has 0 radical (unpaired) electrons. The van der Waals surface area contributed by atoms with Crippen LogP contribution in [-0.2, 0) is 0 Å². The van der Waals surface area contributed by atoms with E-state index in [9.17, 15) is 20.0 Å². The number of phenolic OH excluding ortho intramolecular Hbond substituents is 1. The molecule has 9 heteroatoms. The number of hydrazone groups is 1. The van der Waals surface area contributed by atoms with Crippen LogP contribution in [0.4, 0.5) is 11.5 Å². The van der Waals surface area contributed by atoms with Gasteiger partial charge in [-0.1, -0.05) is 18.2 Å². The first-order valence-corrected chi connectivity index (χ1v) is 8.21.